The van der Waals surface area contributed by atoms with Crippen LogP contribution in [0.4, 0.5) is 4.39 Å². The molecule has 0 aliphatic rings. The van der Waals surface area contributed by atoms with E-state index in [-0.39, 0.29) is 17.0 Å². The van der Waals surface area contributed by atoms with Gasteiger partial charge in [0.15, 0.2) is 0 Å². The second-order valence-electron chi connectivity index (χ2n) is 8.83. The number of aromatic nitrogens is 2. The number of halogens is 1. The van der Waals surface area contributed by atoms with Crippen LogP contribution >= 0.6 is 0 Å². The summed E-state index contributed by atoms with van der Waals surface area (Å²) in [6.45, 7) is 6.49. The minimum absolute atomic E-state index is 0.194. The van der Waals surface area contributed by atoms with E-state index in [9.17, 15) is 14.0 Å². The third-order valence-corrected chi connectivity index (χ3v) is 5.94. The second kappa shape index (κ2) is 10.00. The van der Waals surface area contributed by atoms with Gasteiger partial charge in [0.25, 0.3) is 11.5 Å². The average molecular weight is 458 g/mol. The molecule has 4 aromatic rings. The van der Waals surface area contributed by atoms with Crippen LogP contribution in [0, 0.1) is 11.7 Å². The Morgan fingerprint density at radius 3 is 2.38 bits per heavy atom. The summed E-state index contributed by atoms with van der Waals surface area (Å²) in [6.07, 6.45) is 0.758. The first-order chi connectivity index (χ1) is 16.4. The quantitative estimate of drug-likeness (QED) is 0.354. The zero-order valence-electron chi connectivity index (χ0n) is 19.6. The van der Waals surface area contributed by atoms with E-state index in [1.54, 1.807) is 27.7 Å². The number of rotatable bonds is 7. The zero-order chi connectivity index (χ0) is 24.2. The molecule has 6 heteroatoms. The van der Waals surface area contributed by atoms with Gasteiger partial charge in [-0.05, 0) is 61.7 Å². The molecule has 0 saturated carbocycles. The van der Waals surface area contributed by atoms with Crippen LogP contribution in [-0.2, 0) is 0 Å². The van der Waals surface area contributed by atoms with Crippen LogP contribution in [0.1, 0.15) is 49.4 Å². The maximum Gasteiger partial charge on any atom is 0.266 e. The number of fused-ring (bicyclic) bond motifs is 1. The molecule has 0 N–H and O–H groups in total. The molecule has 1 heterocycles. The molecule has 1 atom stereocenters. The Kier molecular flexibility index (Phi) is 6.87. The van der Waals surface area contributed by atoms with Crippen molar-refractivity contribution in [3.05, 3.63) is 106 Å². The molecule has 0 fully saturated rings. The largest absolute Gasteiger partial charge is 0.329 e. The SMILES string of the molecule is CC(C)CCN(C(=O)c1cccc(F)c1)C(C)c1nc2ccccc2c(=O)n1-c1ccccc1. The molecule has 3 aromatic carbocycles. The fourth-order valence-electron chi connectivity index (χ4n) is 4.05. The Balaban J connectivity index is 1.89. The van der Waals surface area contributed by atoms with Gasteiger partial charge in [0.2, 0.25) is 0 Å². The third-order valence-electron chi connectivity index (χ3n) is 5.94. The fourth-order valence-corrected chi connectivity index (χ4v) is 4.05. The second-order valence-corrected chi connectivity index (χ2v) is 8.83. The first-order valence-electron chi connectivity index (χ1n) is 11.5. The zero-order valence-corrected chi connectivity index (χ0v) is 19.6. The van der Waals surface area contributed by atoms with Crippen LogP contribution in [0.25, 0.3) is 16.6 Å². The van der Waals surface area contributed by atoms with Crippen LogP contribution in [0.3, 0.4) is 0 Å². The maximum absolute atomic E-state index is 13.9. The summed E-state index contributed by atoms with van der Waals surface area (Å²) < 4.78 is 15.5. The van der Waals surface area contributed by atoms with Crippen LogP contribution in [0.2, 0.25) is 0 Å². The molecule has 1 aromatic heterocycles. The molecule has 1 amide bonds. The molecule has 0 saturated heterocycles. The summed E-state index contributed by atoms with van der Waals surface area (Å²) in [5.41, 5.74) is 1.32. The van der Waals surface area contributed by atoms with Crippen molar-refractivity contribution in [2.45, 2.75) is 33.2 Å². The van der Waals surface area contributed by atoms with Crippen molar-refractivity contribution in [2.24, 2.45) is 5.92 Å². The fraction of sp³-hybridized carbons (Fsp3) is 0.250. The average Bonchev–Trinajstić information content (AvgIpc) is 2.84. The number of hydrogen-bond donors (Lipinski definition) is 0. The molecule has 0 aliphatic heterocycles. The minimum Gasteiger partial charge on any atom is -0.329 e. The Bertz CT molecular complexity index is 1370. The lowest BCUT2D eigenvalue weighted by Gasteiger charge is -2.31. The standard InChI is InChI=1S/C28H28FN3O2/c1-19(2)16-17-31(27(33)21-10-9-11-22(29)18-21)20(3)26-30-25-15-8-7-14-24(25)28(34)32(26)23-12-5-4-6-13-23/h4-15,18-20H,16-17H2,1-3H3. The van der Waals surface area contributed by atoms with Gasteiger partial charge in [-0.3, -0.25) is 14.2 Å². The van der Waals surface area contributed by atoms with Gasteiger partial charge in [0, 0.05) is 12.1 Å². The monoisotopic (exact) mass is 457 g/mol. The van der Waals surface area contributed by atoms with E-state index in [1.165, 1.54) is 18.2 Å². The van der Waals surface area contributed by atoms with Crippen LogP contribution < -0.4 is 5.56 Å². The number of amides is 1. The first kappa shape index (κ1) is 23.4. The van der Waals surface area contributed by atoms with E-state index >= 15 is 0 Å². The summed E-state index contributed by atoms with van der Waals surface area (Å²) in [4.78, 5) is 33.7. The number of carbonyl (C=O) groups excluding carboxylic acids is 1. The van der Waals surface area contributed by atoms with Crippen molar-refractivity contribution in [2.75, 3.05) is 6.54 Å². The number of benzene rings is 3. The lowest BCUT2D eigenvalue weighted by Crippen LogP contribution is -2.38. The van der Waals surface area contributed by atoms with Crippen LogP contribution in [-0.4, -0.2) is 26.9 Å². The highest BCUT2D eigenvalue weighted by Crippen LogP contribution is 2.25. The Morgan fingerprint density at radius 1 is 0.971 bits per heavy atom. The number of para-hydroxylation sites is 2. The molecule has 0 bridgehead atoms. The number of nitrogens with zero attached hydrogens (tertiary/aromatic N) is 3. The van der Waals surface area contributed by atoms with Crippen molar-refractivity contribution >= 4 is 16.8 Å². The molecular weight excluding hydrogens is 429 g/mol. The predicted molar refractivity (Wildman–Crippen MR) is 133 cm³/mol. The predicted octanol–water partition coefficient (Wildman–Crippen LogP) is 5.77. The highest BCUT2D eigenvalue weighted by Gasteiger charge is 2.28. The number of carbonyl (C=O) groups is 1. The summed E-state index contributed by atoms with van der Waals surface area (Å²) in [7, 11) is 0. The van der Waals surface area contributed by atoms with Crippen LogP contribution in [0.5, 0.6) is 0 Å². The normalized spacial score (nSPS) is 12.1. The minimum atomic E-state index is -0.535. The topological polar surface area (TPSA) is 55.2 Å². The summed E-state index contributed by atoms with van der Waals surface area (Å²) in [6, 6.07) is 21.7. The first-order valence-corrected chi connectivity index (χ1v) is 11.5. The smallest absolute Gasteiger partial charge is 0.266 e. The van der Waals surface area contributed by atoms with Gasteiger partial charge in [-0.1, -0.05) is 50.2 Å². The van der Waals surface area contributed by atoms with Gasteiger partial charge in [0.1, 0.15) is 11.6 Å². The van der Waals surface area contributed by atoms with Crippen molar-refractivity contribution in [3.63, 3.8) is 0 Å². The third kappa shape index (κ3) is 4.76. The molecule has 0 aliphatic carbocycles. The van der Waals surface area contributed by atoms with Gasteiger partial charge >= 0.3 is 0 Å². The molecule has 174 valence electrons. The van der Waals surface area contributed by atoms with Crippen LogP contribution in [0.15, 0.2) is 83.7 Å². The van der Waals surface area contributed by atoms with Gasteiger partial charge in [0.05, 0.1) is 22.6 Å². The van der Waals surface area contributed by atoms with E-state index in [1.807, 2.05) is 49.4 Å². The maximum atomic E-state index is 13.9. The highest BCUT2D eigenvalue weighted by atomic mass is 19.1. The van der Waals surface area contributed by atoms with Crippen molar-refractivity contribution in [1.82, 2.24) is 14.5 Å². The molecule has 0 radical (unpaired) electrons. The summed E-state index contributed by atoms with van der Waals surface area (Å²) >= 11 is 0. The van der Waals surface area contributed by atoms with Crippen molar-refractivity contribution < 1.29 is 9.18 Å². The van der Waals surface area contributed by atoms with Gasteiger partial charge < -0.3 is 4.90 Å². The van der Waals surface area contributed by atoms with E-state index in [4.69, 9.17) is 4.98 Å². The Labute approximate surface area is 198 Å². The molecule has 5 nitrogen and oxygen atoms in total. The lowest BCUT2D eigenvalue weighted by atomic mass is 10.1. The highest BCUT2D eigenvalue weighted by molar-refractivity contribution is 5.94. The van der Waals surface area contributed by atoms with E-state index in [0.29, 0.717) is 34.9 Å². The Morgan fingerprint density at radius 2 is 1.68 bits per heavy atom. The Hall–Kier alpha value is -3.80. The van der Waals surface area contributed by atoms with Crippen molar-refractivity contribution in [1.29, 1.82) is 0 Å². The summed E-state index contributed by atoms with van der Waals surface area (Å²) in [5, 5.41) is 0.507. The summed E-state index contributed by atoms with van der Waals surface area (Å²) in [5.74, 6) is 0.0568. The van der Waals surface area contributed by atoms with E-state index in [0.717, 1.165) is 6.42 Å². The van der Waals surface area contributed by atoms with Gasteiger partial charge in [-0.2, -0.15) is 0 Å². The van der Waals surface area contributed by atoms with Crippen molar-refractivity contribution in [3.8, 4) is 5.69 Å². The van der Waals surface area contributed by atoms with E-state index < -0.39 is 11.9 Å². The molecule has 4 rings (SSSR count). The van der Waals surface area contributed by atoms with Gasteiger partial charge in [-0.25, -0.2) is 9.37 Å². The molecule has 1 unspecified atom stereocenters. The number of hydrogen-bond acceptors (Lipinski definition) is 3. The van der Waals surface area contributed by atoms with E-state index in [2.05, 4.69) is 13.8 Å². The molecule has 34 heavy (non-hydrogen) atoms. The molecule has 0 spiro atoms. The van der Waals surface area contributed by atoms with Gasteiger partial charge in [-0.15, -0.1) is 0 Å². The molecular formula is C28H28FN3O2. The lowest BCUT2D eigenvalue weighted by molar-refractivity contribution is 0.0671.